The van der Waals surface area contributed by atoms with E-state index in [0.29, 0.717) is 6.42 Å². The van der Waals surface area contributed by atoms with E-state index < -0.39 is 0 Å². The minimum Gasteiger partial charge on any atom is -0.306 e. The molecule has 2 nitrogen and oxygen atoms in total. The van der Waals surface area contributed by atoms with Crippen LogP contribution >= 0.6 is 27.7 Å². The second kappa shape index (κ2) is 8.73. The van der Waals surface area contributed by atoms with Gasteiger partial charge in [0, 0.05) is 23.0 Å². The molecule has 0 amide bonds. The average molecular weight is 330 g/mol. The SMILES string of the molecule is CSCCCN(C)CCC(=O)c1ccc(Br)cc1. The van der Waals surface area contributed by atoms with Gasteiger partial charge in [-0.15, -0.1) is 0 Å². The van der Waals surface area contributed by atoms with E-state index >= 15 is 0 Å². The summed E-state index contributed by atoms with van der Waals surface area (Å²) in [5.74, 6) is 1.41. The Kier molecular flexibility index (Phi) is 7.63. The fourth-order valence-corrected chi connectivity index (χ4v) is 2.35. The molecule has 0 atom stereocenters. The van der Waals surface area contributed by atoms with E-state index in [1.54, 1.807) is 0 Å². The fraction of sp³-hybridized carbons (Fsp3) is 0.500. The van der Waals surface area contributed by atoms with Crippen molar-refractivity contribution in [1.82, 2.24) is 4.90 Å². The van der Waals surface area contributed by atoms with Crippen LogP contribution < -0.4 is 0 Å². The molecule has 0 spiro atoms. The van der Waals surface area contributed by atoms with Gasteiger partial charge in [0.2, 0.25) is 0 Å². The Labute approximate surface area is 122 Å². The molecule has 1 rings (SSSR count). The summed E-state index contributed by atoms with van der Waals surface area (Å²) >= 11 is 5.24. The maximum Gasteiger partial charge on any atom is 0.164 e. The summed E-state index contributed by atoms with van der Waals surface area (Å²) in [7, 11) is 2.08. The molecule has 1 aromatic rings. The highest BCUT2D eigenvalue weighted by molar-refractivity contribution is 9.10. The second-order valence-corrected chi connectivity index (χ2v) is 6.23. The van der Waals surface area contributed by atoms with E-state index in [4.69, 9.17) is 0 Å². The van der Waals surface area contributed by atoms with Crippen molar-refractivity contribution in [1.29, 1.82) is 0 Å². The van der Waals surface area contributed by atoms with Crippen molar-refractivity contribution in [2.24, 2.45) is 0 Å². The zero-order valence-corrected chi connectivity index (χ0v) is 13.4. The summed E-state index contributed by atoms with van der Waals surface area (Å²) in [6.45, 7) is 1.90. The number of thioether (sulfide) groups is 1. The summed E-state index contributed by atoms with van der Waals surface area (Å²) in [4.78, 5) is 14.2. The Bertz CT molecular complexity index is 367. The van der Waals surface area contributed by atoms with E-state index in [-0.39, 0.29) is 5.78 Å². The number of nitrogens with zero attached hydrogens (tertiary/aromatic N) is 1. The van der Waals surface area contributed by atoms with Crippen LogP contribution in [0.5, 0.6) is 0 Å². The van der Waals surface area contributed by atoms with Crippen molar-refractivity contribution in [2.75, 3.05) is 32.1 Å². The number of ketones is 1. The van der Waals surface area contributed by atoms with Crippen LogP contribution in [0.3, 0.4) is 0 Å². The summed E-state index contributed by atoms with van der Waals surface area (Å²) in [6, 6.07) is 7.57. The summed E-state index contributed by atoms with van der Waals surface area (Å²) < 4.78 is 1.01. The Morgan fingerprint density at radius 3 is 2.56 bits per heavy atom. The maximum absolute atomic E-state index is 11.9. The topological polar surface area (TPSA) is 20.3 Å². The smallest absolute Gasteiger partial charge is 0.164 e. The van der Waals surface area contributed by atoms with Crippen LogP contribution in [0.1, 0.15) is 23.2 Å². The van der Waals surface area contributed by atoms with Crippen LogP contribution in [0.25, 0.3) is 0 Å². The summed E-state index contributed by atoms with van der Waals surface area (Å²) in [5.41, 5.74) is 0.802. The molecule has 0 aliphatic rings. The van der Waals surface area contributed by atoms with Gasteiger partial charge < -0.3 is 4.90 Å². The van der Waals surface area contributed by atoms with Crippen LogP contribution in [-0.2, 0) is 0 Å². The first kappa shape index (κ1) is 15.7. The van der Waals surface area contributed by atoms with Crippen molar-refractivity contribution in [3.05, 3.63) is 34.3 Å². The molecular weight excluding hydrogens is 310 g/mol. The number of benzene rings is 1. The van der Waals surface area contributed by atoms with Crippen LogP contribution in [0.15, 0.2) is 28.7 Å². The predicted octanol–water partition coefficient (Wildman–Crippen LogP) is 3.71. The largest absolute Gasteiger partial charge is 0.306 e. The van der Waals surface area contributed by atoms with E-state index in [2.05, 4.69) is 34.1 Å². The van der Waals surface area contributed by atoms with E-state index in [9.17, 15) is 4.79 Å². The van der Waals surface area contributed by atoms with Crippen molar-refractivity contribution in [3.8, 4) is 0 Å². The molecule has 0 unspecified atom stereocenters. The van der Waals surface area contributed by atoms with E-state index in [1.165, 1.54) is 12.2 Å². The minimum absolute atomic E-state index is 0.221. The molecule has 0 heterocycles. The molecule has 1 aromatic carbocycles. The molecule has 0 N–H and O–H groups in total. The third-order valence-electron chi connectivity index (χ3n) is 2.78. The van der Waals surface area contributed by atoms with Crippen molar-refractivity contribution >= 4 is 33.5 Å². The lowest BCUT2D eigenvalue weighted by atomic mass is 10.1. The van der Waals surface area contributed by atoms with Crippen molar-refractivity contribution < 1.29 is 4.79 Å². The molecule has 0 fully saturated rings. The van der Waals surface area contributed by atoms with Crippen LogP contribution in [0.2, 0.25) is 0 Å². The lowest BCUT2D eigenvalue weighted by Crippen LogP contribution is -2.23. The summed E-state index contributed by atoms with van der Waals surface area (Å²) in [6.07, 6.45) is 3.90. The minimum atomic E-state index is 0.221. The number of carbonyl (C=O) groups is 1. The van der Waals surface area contributed by atoms with Crippen LogP contribution in [-0.4, -0.2) is 42.8 Å². The number of hydrogen-bond acceptors (Lipinski definition) is 3. The quantitative estimate of drug-likeness (QED) is 0.535. The van der Waals surface area contributed by atoms with Gasteiger partial charge in [0.1, 0.15) is 0 Å². The first-order valence-electron chi connectivity index (χ1n) is 6.09. The number of Topliss-reactive ketones (excluding diaryl/α,β-unsaturated/α-hetero) is 1. The number of hydrogen-bond donors (Lipinski definition) is 0. The second-order valence-electron chi connectivity index (χ2n) is 4.33. The highest BCUT2D eigenvalue weighted by atomic mass is 79.9. The molecule has 0 aliphatic heterocycles. The third-order valence-corrected chi connectivity index (χ3v) is 4.00. The zero-order valence-electron chi connectivity index (χ0n) is 11.0. The molecule has 100 valence electrons. The van der Waals surface area contributed by atoms with E-state index in [1.807, 2.05) is 36.0 Å². The van der Waals surface area contributed by atoms with Gasteiger partial charge in [-0.05, 0) is 44.2 Å². The highest BCUT2D eigenvalue weighted by Crippen LogP contribution is 2.12. The number of halogens is 1. The molecule has 4 heteroatoms. The lowest BCUT2D eigenvalue weighted by Gasteiger charge is -2.15. The van der Waals surface area contributed by atoms with Gasteiger partial charge in [0.25, 0.3) is 0 Å². The average Bonchev–Trinajstić information content (AvgIpc) is 2.37. The van der Waals surface area contributed by atoms with Crippen LogP contribution in [0.4, 0.5) is 0 Å². The van der Waals surface area contributed by atoms with Crippen molar-refractivity contribution in [3.63, 3.8) is 0 Å². The normalized spacial score (nSPS) is 10.9. The summed E-state index contributed by atoms with van der Waals surface area (Å²) in [5, 5.41) is 0. The standard InChI is InChI=1S/C14H20BrNOS/c1-16(9-3-11-18-2)10-8-14(17)12-4-6-13(15)7-5-12/h4-7H,3,8-11H2,1-2H3. The van der Waals surface area contributed by atoms with Gasteiger partial charge in [0.15, 0.2) is 5.78 Å². The number of rotatable bonds is 8. The monoisotopic (exact) mass is 329 g/mol. The van der Waals surface area contributed by atoms with Gasteiger partial charge in [-0.2, -0.15) is 11.8 Å². The molecular formula is C14H20BrNOS. The molecule has 0 bridgehead atoms. The predicted molar refractivity (Wildman–Crippen MR) is 83.6 cm³/mol. The lowest BCUT2D eigenvalue weighted by molar-refractivity contribution is 0.0969. The highest BCUT2D eigenvalue weighted by Gasteiger charge is 2.07. The van der Waals surface area contributed by atoms with Crippen LogP contribution in [0, 0.1) is 0 Å². The molecule has 0 aliphatic carbocycles. The van der Waals surface area contributed by atoms with Crippen molar-refractivity contribution in [2.45, 2.75) is 12.8 Å². The maximum atomic E-state index is 11.9. The Morgan fingerprint density at radius 1 is 1.28 bits per heavy atom. The Hall–Kier alpha value is -0.320. The first-order valence-corrected chi connectivity index (χ1v) is 8.28. The first-order chi connectivity index (χ1) is 8.63. The fourth-order valence-electron chi connectivity index (χ4n) is 1.66. The van der Waals surface area contributed by atoms with Gasteiger partial charge in [-0.1, -0.05) is 28.1 Å². The Balaban J connectivity index is 2.30. The van der Waals surface area contributed by atoms with Gasteiger partial charge >= 0.3 is 0 Å². The molecule has 0 radical (unpaired) electrons. The zero-order chi connectivity index (χ0) is 13.4. The van der Waals surface area contributed by atoms with Gasteiger partial charge in [-0.3, -0.25) is 4.79 Å². The third kappa shape index (κ3) is 6.03. The molecule has 0 saturated heterocycles. The molecule has 0 aromatic heterocycles. The van der Waals surface area contributed by atoms with Gasteiger partial charge in [-0.25, -0.2) is 0 Å². The van der Waals surface area contributed by atoms with E-state index in [0.717, 1.165) is 23.1 Å². The van der Waals surface area contributed by atoms with Gasteiger partial charge in [0.05, 0.1) is 0 Å². The molecule has 0 saturated carbocycles. The Morgan fingerprint density at radius 2 is 1.94 bits per heavy atom. The number of carbonyl (C=O) groups excluding carboxylic acids is 1. The molecule has 18 heavy (non-hydrogen) atoms.